The van der Waals surface area contributed by atoms with Crippen molar-refractivity contribution in [2.75, 3.05) is 24.6 Å². The van der Waals surface area contributed by atoms with Gasteiger partial charge in [0.25, 0.3) is 0 Å². The monoisotopic (exact) mass is 362 g/mol. The Bertz CT molecular complexity index is 909. The Labute approximate surface area is 160 Å². The number of ether oxygens (including phenoxy) is 1. The molecule has 1 spiro atoms. The van der Waals surface area contributed by atoms with Crippen molar-refractivity contribution < 1.29 is 9.53 Å². The van der Waals surface area contributed by atoms with Crippen LogP contribution in [-0.2, 0) is 14.9 Å². The quantitative estimate of drug-likeness (QED) is 0.720. The van der Waals surface area contributed by atoms with Crippen LogP contribution >= 0.6 is 0 Å². The van der Waals surface area contributed by atoms with Gasteiger partial charge in [-0.3, -0.25) is 9.69 Å². The molecule has 4 heteroatoms. The van der Waals surface area contributed by atoms with Crippen LogP contribution in [0.1, 0.15) is 38.2 Å². The van der Waals surface area contributed by atoms with Crippen LogP contribution in [0.25, 0.3) is 0 Å². The minimum atomic E-state index is -0.122. The fourth-order valence-electron chi connectivity index (χ4n) is 8.59. The molecule has 7 rings (SSSR count). The van der Waals surface area contributed by atoms with E-state index in [0.717, 1.165) is 19.5 Å². The molecule has 6 aliphatic rings. The summed E-state index contributed by atoms with van der Waals surface area (Å²) in [6.45, 7) is 5.28. The molecule has 27 heavy (non-hydrogen) atoms. The predicted octanol–water partition coefficient (Wildman–Crippen LogP) is 2.87. The van der Waals surface area contributed by atoms with Gasteiger partial charge in [0.15, 0.2) is 0 Å². The van der Waals surface area contributed by atoms with E-state index in [2.05, 4.69) is 47.1 Å². The number of amides is 1. The molecule has 6 atom stereocenters. The first-order valence-electron chi connectivity index (χ1n) is 10.7. The van der Waals surface area contributed by atoms with Gasteiger partial charge in [-0.2, -0.15) is 0 Å². The Balaban J connectivity index is 1.61. The highest BCUT2D eigenvalue weighted by molar-refractivity contribution is 6.00. The summed E-state index contributed by atoms with van der Waals surface area (Å²) in [5, 5.41) is 0. The van der Waals surface area contributed by atoms with Crippen molar-refractivity contribution in [1.82, 2.24) is 4.90 Å². The smallest absolute Gasteiger partial charge is 0.230 e. The van der Waals surface area contributed by atoms with Crippen molar-refractivity contribution in [2.24, 2.45) is 11.8 Å². The average molecular weight is 362 g/mol. The van der Waals surface area contributed by atoms with Crippen molar-refractivity contribution in [2.45, 2.75) is 55.7 Å². The highest BCUT2D eigenvalue weighted by atomic mass is 16.5. The van der Waals surface area contributed by atoms with Crippen molar-refractivity contribution >= 4 is 11.6 Å². The fourth-order valence-corrected chi connectivity index (χ4v) is 8.59. The highest BCUT2D eigenvalue weighted by Gasteiger charge is 2.77. The number of hydrogen-bond donors (Lipinski definition) is 0. The molecule has 1 aromatic carbocycles. The van der Waals surface area contributed by atoms with Gasteiger partial charge in [-0.15, -0.1) is 0 Å². The molecule has 2 unspecified atom stereocenters. The maximum absolute atomic E-state index is 13.5. The van der Waals surface area contributed by atoms with E-state index >= 15 is 0 Å². The summed E-state index contributed by atoms with van der Waals surface area (Å²) < 4.78 is 6.38. The second-order valence-electron chi connectivity index (χ2n) is 9.45. The van der Waals surface area contributed by atoms with E-state index in [1.807, 2.05) is 0 Å². The fraction of sp³-hybridized carbons (Fsp3) is 0.609. The summed E-state index contributed by atoms with van der Waals surface area (Å²) in [6.07, 6.45) is 6.41. The lowest BCUT2D eigenvalue weighted by atomic mass is 9.46. The summed E-state index contributed by atoms with van der Waals surface area (Å²) in [5.74, 6) is 1.29. The lowest BCUT2D eigenvalue weighted by Gasteiger charge is -2.65. The number of piperidine rings is 2. The molecule has 2 bridgehead atoms. The molecular formula is C23H26N2O2. The van der Waals surface area contributed by atoms with Crippen LogP contribution in [0.15, 0.2) is 35.9 Å². The number of rotatable bonds is 1. The average Bonchev–Trinajstić information content (AvgIpc) is 3.13. The van der Waals surface area contributed by atoms with Gasteiger partial charge < -0.3 is 9.64 Å². The van der Waals surface area contributed by atoms with E-state index in [9.17, 15) is 4.79 Å². The molecule has 0 N–H and O–H groups in total. The molecule has 4 nitrogen and oxygen atoms in total. The maximum Gasteiger partial charge on any atom is 0.230 e. The Morgan fingerprint density at radius 3 is 3.07 bits per heavy atom. The predicted molar refractivity (Wildman–Crippen MR) is 103 cm³/mol. The minimum absolute atomic E-state index is 0.0757. The lowest BCUT2D eigenvalue weighted by molar-refractivity contribution is -0.143. The first-order valence-corrected chi connectivity index (χ1v) is 10.7. The van der Waals surface area contributed by atoms with E-state index in [4.69, 9.17) is 4.74 Å². The number of benzene rings is 1. The molecule has 140 valence electrons. The molecule has 4 fully saturated rings. The van der Waals surface area contributed by atoms with Crippen LogP contribution in [0.2, 0.25) is 0 Å². The SMILES string of the molecule is CCC12[C@@H]3C4CC(=O)N1c1ccccc1[C@@]21CCN2CC(=CCO4)[C@@H]3C[C@H]21. The molecule has 1 amide bonds. The molecule has 3 saturated heterocycles. The minimum Gasteiger partial charge on any atom is -0.373 e. The van der Waals surface area contributed by atoms with Gasteiger partial charge in [0.1, 0.15) is 0 Å². The Morgan fingerprint density at radius 1 is 1.30 bits per heavy atom. The zero-order valence-corrected chi connectivity index (χ0v) is 15.9. The normalized spacial score (nSPS) is 46.2. The zero-order chi connectivity index (χ0) is 18.0. The topological polar surface area (TPSA) is 32.8 Å². The highest BCUT2D eigenvalue weighted by Crippen LogP contribution is 2.71. The van der Waals surface area contributed by atoms with Gasteiger partial charge in [-0.1, -0.05) is 36.8 Å². The van der Waals surface area contributed by atoms with Gasteiger partial charge in [0.05, 0.1) is 24.7 Å². The standard InChI is InChI=1S/C23H26N2O2/c1-2-23-21-15-11-19-22(23)8-9-24(19)13-14(15)7-10-27-18(21)12-20(26)25(23)17-6-4-3-5-16(17)22/h3-7,15,18-19,21H,2,8-13H2,1H3/t15-,18?,19-,21-,22+,23?/m0/s1. The Morgan fingerprint density at radius 2 is 2.19 bits per heavy atom. The number of carbonyl (C=O) groups is 1. The molecule has 1 aromatic rings. The molecule has 0 aromatic heterocycles. The van der Waals surface area contributed by atoms with E-state index < -0.39 is 0 Å². The number of carbonyl (C=O) groups excluding carboxylic acids is 1. The van der Waals surface area contributed by atoms with Gasteiger partial charge in [-0.05, 0) is 43.4 Å². The van der Waals surface area contributed by atoms with Gasteiger partial charge >= 0.3 is 0 Å². The van der Waals surface area contributed by atoms with Crippen molar-refractivity contribution in [3.05, 3.63) is 41.5 Å². The van der Waals surface area contributed by atoms with Crippen LogP contribution < -0.4 is 4.90 Å². The van der Waals surface area contributed by atoms with Crippen molar-refractivity contribution in [1.29, 1.82) is 0 Å². The van der Waals surface area contributed by atoms with E-state index in [1.54, 1.807) is 5.57 Å². The molecule has 1 aliphatic carbocycles. The summed E-state index contributed by atoms with van der Waals surface area (Å²) in [4.78, 5) is 18.6. The molecular weight excluding hydrogens is 336 g/mol. The van der Waals surface area contributed by atoms with Crippen molar-refractivity contribution in [3.63, 3.8) is 0 Å². The van der Waals surface area contributed by atoms with Crippen LogP contribution in [0.3, 0.4) is 0 Å². The number of para-hydroxylation sites is 1. The largest absolute Gasteiger partial charge is 0.373 e. The zero-order valence-electron chi connectivity index (χ0n) is 15.9. The van der Waals surface area contributed by atoms with Crippen LogP contribution in [0.4, 0.5) is 5.69 Å². The summed E-state index contributed by atoms with van der Waals surface area (Å²) in [6, 6.07) is 9.40. The molecule has 1 saturated carbocycles. The third kappa shape index (κ3) is 1.40. The van der Waals surface area contributed by atoms with E-state index in [-0.39, 0.29) is 23.0 Å². The molecule has 0 radical (unpaired) electrons. The first kappa shape index (κ1) is 15.3. The maximum atomic E-state index is 13.5. The third-order valence-corrected chi connectivity index (χ3v) is 9.14. The van der Waals surface area contributed by atoms with Crippen LogP contribution in [0.5, 0.6) is 0 Å². The van der Waals surface area contributed by atoms with E-state index in [0.29, 0.717) is 30.9 Å². The number of anilines is 1. The van der Waals surface area contributed by atoms with Gasteiger partial charge in [-0.25, -0.2) is 0 Å². The summed E-state index contributed by atoms with van der Waals surface area (Å²) >= 11 is 0. The number of hydrogen-bond acceptors (Lipinski definition) is 3. The Kier molecular flexibility index (Phi) is 2.64. The second-order valence-corrected chi connectivity index (χ2v) is 9.45. The van der Waals surface area contributed by atoms with Gasteiger partial charge in [0.2, 0.25) is 5.91 Å². The third-order valence-electron chi connectivity index (χ3n) is 9.14. The van der Waals surface area contributed by atoms with Crippen LogP contribution in [-0.4, -0.2) is 48.2 Å². The Hall–Kier alpha value is -1.65. The number of nitrogens with zero attached hydrogens (tertiary/aromatic N) is 2. The molecule has 5 heterocycles. The number of fused-ring (bicyclic) bond motifs is 2. The van der Waals surface area contributed by atoms with Crippen molar-refractivity contribution in [3.8, 4) is 0 Å². The lowest BCUT2D eigenvalue weighted by Crippen LogP contribution is -2.77. The second kappa shape index (κ2) is 4.66. The van der Waals surface area contributed by atoms with Gasteiger partial charge in [0, 0.05) is 29.6 Å². The van der Waals surface area contributed by atoms with E-state index in [1.165, 1.54) is 24.1 Å². The van der Waals surface area contributed by atoms with Crippen LogP contribution in [0, 0.1) is 11.8 Å². The summed E-state index contributed by atoms with van der Waals surface area (Å²) in [5.41, 5.74) is 4.19. The summed E-state index contributed by atoms with van der Waals surface area (Å²) in [7, 11) is 0. The molecule has 5 aliphatic heterocycles. The first-order chi connectivity index (χ1) is 13.2.